The van der Waals surface area contributed by atoms with Crippen LogP contribution in [-0.2, 0) is 9.47 Å². The van der Waals surface area contributed by atoms with Crippen LogP contribution in [-0.4, -0.2) is 67.2 Å². The van der Waals surface area contributed by atoms with Gasteiger partial charge in [-0.1, -0.05) is 12.1 Å². The molecule has 2 heterocycles. The second kappa shape index (κ2) is 13.5. The normalized spacial score (nSPS) is 13.4. The first kappa shape index (κ1) is 29.2. The van der Waals surface area contributed by atoms with E-state index in [4.69, 9.17) is 29.3 Å². The zero-order valence-corrected chi connectivity index (χ0v) is 24.4. The molecule has 3 aromatic rings. The van der Waals surface area contributed by atoms with Gasteiger partial charge in [0.25, 0.3) is 5.56 Å². The van der Waals surface area contributed by atoms with E-state index >= 15 is 0 Å². The van der Waals surface area contributed by atoms with E-state index < -0.39 is 0 Å². The molecule has 0 saturated heterocycles. The maximum atomic E-state index is 13.2. The minimum absolute atomic E-state index is 0.208. The predicted molar refractivity (Wildman–Crippen MR) is 160 cm³/mol. The van der Waals surface area contributed by atoms with E-state index in [-0.39, 0.29) is 5.56 Å². The molecule has 0 aliphatic carbocycles. The monoisotopic (exact) mass is 545 g/mol. The minimum atomic E-state index is -0.208. The molecule has 2 aromatic carbocycles. The Bertz CT molecular complexity index is 1460. The van der Waals surface area contributed by atoms with E-state index in [0.717, 1.165) is 35.6 Å². The lowest BCUT2D eigenvalue weighted by Gasteiger charge is -2.21. The van der Waals surface area contributed by atoms with Crippen molar-refractivity contribution in [3.8, 4) is 5.75 Å². The summed E-state index contributed by atoms with van der Waals surface area (Å²) in [5, 5.41) is 4.73. The highest BCUT2D eigenvalue weighted by Crippen LogP contribution is 2.29. The van der Waals surface area contributed by atoms with Crippen molar-refractivity contribution in [2.45, 2.75) is 41.5 Å². The van der Waals surface area contributed by atoms with Crippen LogP contribution in [0.1, 0.15) is 49.0 Å². The summed E-state index contributed by atoms with van der Waals surface area (Å²) in [6, 6.07) is 13.9. The van der Waals surface area contributed by atoms with Gasteiger partial charge < -0.3 is 19.1 Å². The Hall–Kier alpha value is -3.82. The quantitative estimate of drug-likeness (QED) is 0.286. The number of para-hydroxylation sites is 1. The van der Waals surface area contributed by atoms with Crippen LogP contribution in [0.3, 0.4) is 0 Å². The number of rotatable bonds is 13. The molecule has 1 aliphatic rings. The van der Waals surface area contributed by atoms with Gasteiger partial charge >= 0.3 is 0 Å². The average molecular weight is 546 g/mol. The summed E-state index contributed by atoms with van der Waals surface area (Å²) in [5.41, 5.74) is 5.76. The van der Waals surface area contributed by atoms with Crippen molar-refractivity contribution >= 4 is 22.8 Å². The molecule has 4 rings (SSSR count). The van der Waals surface area contributed by atoms with Crippen LogP contribution in [0.2, 0.25) is 0 Å². The zero-order chi connectivity index (χ0) is 28.6. The molecule has 212 valence electrons. The van der Waals surface area contributed by atoms with E-state index in [1.54, 1.807) is 6.92 Å². The van der Waals surface area contributed by atoms with E-state index in [2.05, 4.69) is 30.9 Å². The van der Waals surface area contributed by atoms with Gasteiger partial charge in [0.1, 0.15) is 23.8 Å². The molecule has 0 fully saturated rings. The first-order valence-corrected chi connectivity index (χ1v) is 13.9. The molecule has 0 radical (unpaired) electrons. The van der Waals surface area contributed by atoms with Crippen molar-refractivity contribution in [3.63, 3.8) is 0 Å². The Labute approximate surface area is 236 Å². The Kier molecular flexibility index (Phi) is 9.84. The Morgan fingerprint density at radius 3 is 2.38 bits per heavy atom. The van der Waals surface area contributed by atoms with Gasteiger partial charge in [0.05, 0.1) is 25.5 Å². The molecular weight excluding hydrogens is 506 g/mol. The lowest BCUT2D eigenvalue weighted by atomic mass is 10.0. The zero-order valence-electron chi connectivity index (χ0n) is 24.4. The van der Waals surface area contributed by atoms with Gasteiger partial charge in [-0.2, -0.15) is 9.78 Å². The Morgan fingerprint density at radius 1 is 0.925 bits per heavy atom. The fourth-order valence-electron chi connectivity index (χ4n) is 4.52. The molecule has 0 atom stereocenters. The summed E-state index contributed by atoms with van der Waals surface area (Å²) >= 11 is 0. The van der Waals surface area contributed by atoms with Gasteiger partial charge in [0, 0.05) is 42.2 Å². The number of aryl methyl sites for hydroxylation is 2. The molecule has 0 unspecified atom stereocenters. The molecule has 40 heavy (non-hydrogen) atoms. The Morgan fingerprint density at radius 2 is 1.65 bits per heavy atom. The lowest BCUT2D eigenvalue weighted by molar-refractivity contribution is 0.0404. The van der Waals surface area contributed by atoms with Gasteiger partial charge in [-0.25, -0.2) is 9.98 Å². The third-order valence-electron chi connectivity index (χ3n) is 6.91. The number of hydrogen-bond donors (Lipinski definition) is 0. The van der Waals surface area contributed by atoms with Gasteiger partial charge in [-0.15, -0.1) is 0 Å². The number of aliphatic imine (C=N–C) groups is 1. The second-order valence-corrected chi connectivity index (χ2v) is 9.47. The van der Waals surface area contributed by atoms with E-state index in [1.165, 1.54) is 4.68 Å². The summed E-state index contributed by atoms with van der Waals surface area (Å²) in [6.07, 6.45) is 0. The molecule has 1 aliphatic heterocycles. The van der Waals surface area contributed by atoms with Gasteiger partial charge in [-0.3, -0.25) is 4.79 Å². The van der Waals surface area contributed by atoms with Crippen LogP contribution in [0.25, 0.3) is 0 Å². The van der Waals surface area contributed by atoms with Crippen LogP contribution < -0.4 is 15.2 Å². The largest absolute Gasteiger partial charge is 0.490 e. The number of fused-ring (bicyclic) bond motifs is 1. The van der Waals surface area contributed by atoms with Crippen molar-refractivity contribution in [2.75, 3.05) is 51.0 Å². The number of benzene rings is 2. The number of hydrogen-bond acceptors (Lipinski definition) is 8. The summed E-state index contributed by atoms with van der Waals surface area (Å²) in [5.74, 6) is 1.05. The maximum absolute atomic E-state index is 13.2. The van der Waals surface area contributed by atoms with Crippen molar-refractivity contribution < 1.29 is 14.2 Å². The topological polar surface area (TPSA) is 90.5 Å². The van der Waals surface area contributed by atoms with Crippen molar-refractivity contribution in [3.05, 3.63) is 81.0 Å². The van der Waals surface area contributed by atoms with Crippen LogP contribution in [0.4, 0.5) is 11.4 Å². The van der Waals surface area contributed by atoms with Gasteiger partial charge in [0.2, 0.25) is 0 Å². The van der Waals surface area contributed by atoms with Crippen LogP contribution >= 0.6 is 0 Å². The van der Waals surface area contributed by atoms with Crippen molar-refractivity contribution in [2.24, 2.45) is 10.1 Å². The van der Waals surface area contributed by atoms with Crippen LogP contribution in [0.15, 0.2) is 57.4 Å². The molecule has 0 N–H and O–H groups in total. The highest BCUT2D eigenvalue weighted by molar-refractivity contribution is 6.54. The fourth-order valence-corrected chi connectivity index (χ4v) is 4.52. The third kappa shape index (κ3) is 6.32. The number of ether oxygens (including phenoxy) is 3. The Balaban J connectivity index is 1.72. The standard InChI is InChI=1S/C31H39N5O4/c1-7-35(8-2)24-14-15-26(21(4)20-24)33-29-28(34-36-30(29)32-23(6)22(5)31(36)37)25-12-10-11-13-27(25)40-19-18-39-17-16-38-9-3/h10-15,20H,7-9,16-19H2,1-6H3. The lowest BCUT2D eigenvalue weighted by Crippen LogP contribution is -2.24. The number of nitrogens with zero attached hydrogens (tertiary/aromatic N) is 5. The molecule has 0 saturated carbocycles. The second-order valence-electron chi connectivity index (χ2n) is 9.47. The highest BCUT2D eigenvalue weighted by Gasteiger charge is 2.30. The van der Waals surface area contributed by atoms with Crippen molar-refractivity contribution in [1.29, 1.82) is 0 Å². The number of aromatic nitrogens is 2. The molecule has 0 spiro atoms. The summed E-state index contributed by atoms with van der Waals surface area (Å²) in [6.45, 7) is 16.2. The van der Waals surface area contributed by atoms with Crippen LogP contribution in [0, 0.1) is 20.8 Å². The average Bonchev–Trinajstić information content (AvgIpc) is 3.31. The summed E-state index contributed by atoms with van der Waals surface area (Å²) in [4.78, 5) is 25.3. The van der Waals surface area contributed by atoms with Gasteiger partial charge in [-0.05, 0) is 77.4 Å². The van der Waals surface area contributed by atoms with E-state index in [9.17, 15) is 4.79 Å². The predicted octanol–water partition coefficient (Wildman–Crippen LogP) is 4.83. The summed E-state index contributed by atoms with van der Waals surface area (Å²) < 4.78 is 18.4. The van der Waals surface area contributed by atoms with Crippen LogP contribution in [0.5, 0.6) is 5.75 Å². The molecule has 0 bridgehead atoms. The number of anilines is 1. The van der Waals surface area contributed by atoms with E-state index in [0.29, 0.717) is 67.3 Å². The maximum Gasteiger partial charge on any atom is 0.277 e. The molecular formula is C31H39N5O4. The molecule has 9 heteroatoms. The molecule has 9 nitrogen and oxygen atoms in total. The first-order valence-electron chi connectivity index (χ1n) is 13.9. The van der Waals surface area contributed by atoms with Gasteiger partial charge in [0.15, 0.2) is 5.82 Å². The smallest absolute Gasteiger partial charge is 0.277 e. The molecule has 1 aromatic heterocycles. The highest BCUT2D eigenvalue weighted by atomic mass is 16.5. The summed E-state index contributed by atoms with van der Waals surface area (Å²) in [7, 11) is 0. The first-order chi connectivity index (χ1) is 19.4. The van der Waals surface area contributed by atoms with Crippen molar-refractivity contribution in [1.82, 2.24) is 9.66 Å². The SMILES string of the molecule is CCOCCOCCOc1ccccc1C1=Nn2c(nc(C)c(C)c2=O)C1=Nc1ccc(N(CC)CC)cc1C. The minimum Gasteiger partial charge on any atom is -0.490 e. The van der Waals surface area contributed by atoms with E-state index in [1.807, 2.05) is 51.1 Å². The third-order valence-corrected chi connectivity index (χ3v) is 6.91. The molecule has 0 amide bonds. The fraction of sp³-hybridized carbons (Fsp3) is 0.419.